The molecule has 7 heteroatoms. The van der Waals surface area contributed by atoms with Gasteiger partial charge in [0.1, 0.15) is 5.75 Å². The van der Waals surface area contributed by atoms with Crippen LogP contribution in [0.5, 0.6) is 5.75 Å². The fourth-order valence-electron chi connectivity index (χ4n) is 2.70. The SMILES string of the molecule is COc1ccccc1N1CCN(C(=O)c2nccnc2N)CC1. The van der Waals surface area contributed by atoms with Crippen LogP contribution >= 0.6 is 0 Å². The highest BCUT2D eigenvalue weighted by molar-refractivity contribution is 5.96. The maximum Gasteiger partial charge on any atom is 0.276 e. The Morgan fingerprint density at radius 2 is 1.83 bits per heavy atom. The minimum absolute atomic E-state index is 0.171. The van der Waals surface area contributed by atoms with Gasteiger partial charge in [-0.15, -0.1) is 0 Å². The summed E-state index contributed by atoms with van der Waals surface area (Å²) in [5, 5.41) is 0. The summed E-state index contributed by atoms with van der Waals surface area (Å²) in [4.78, 5) is 24.4. The maximum atomic E-state index is 12.5. The van der Waals surface area contributed by atoms with E-state index in [9.17, 15) is 4.79 Å². The smallest absolute Gasteiger partial charge is 0.276 e. The Balaban J connectivity index is 1.69. The van der Waals surface area contributed by atoms with Crippen LogP contribution in [0.1, 0.15) is 10.5 Å². The fraction of sp³-hybridized carbons (Fsp3) is 0.312. The number of amides is 1. The summed E-state index contributed by atoms with van der Waals surface area (Å²) in [5.74, 6) is 0.838. The Bertz CT molecular complexity index is 698. The average Bonchev–Trinajstić information content (AvgIpc) is 2.61. The quantitative estimate of drug-likeness (QED) is 0.911. The summed E-state index contributed by atoms with van der Waals surface area (Å²) in [7, 11) is 1.66. The summed E-state index contributed by atoms with van der Waals surface area (Å²) >= 11 is 0. The van der Waals surface area contributed by atoms with Crippen molar-refractivity contribution in [2.24, 2.45) is 0 Å². The number of hydrogen-bond donors (Lipinski definition) is 1. The zero-order valence-electron chi connectivity index (χ0n) is 13.0. The lowest BCUT2D eigenvalue weighted by molar-refractivity contribution is 0.0741. The monoisotopic (exact) mass is 313 g/mol. The molecule has 7 nitrogen and oxygen atoms in total. The van der Waals surface area contributed by atoms with Crippen molar-refractivity contribution in [3.63, 3.8) is 0 Å². The van der Waals surface area contributed by atoms with E-state index in [0.717, 1.165) is 24.5 Å². The number of aromatic nitrogens is 2. The number of anilines is 2. The van der Waals surface area contributed by atoms with E-state index in [1.165, 1.54) is 12.4 Å². The first-order valence-electron chi connectivity index (χ1n) is 7.44. The highest BCUT2D eigenvalue weighted by Crippen LogP contribution is 2.28. The molecular formula is C16H19N5O2. The number of rotatable bonds is 3. The molecule has 0 atom stereocenters. The molecule has 0 bridgehead atoms. The number of hydrogen-bond acceptors (Lipinski definition) is 6. The lowest BCUT2D eigenvalue weighted by atomic mass is 10.2. The van der Waals surface area contributed by atoms with Gasteiger partial charge in [0.2, 0.25) is 0 Å². The first kappa shape index (κ1) is 15.1. The molecule has 1 aromatic heterocycles. The Morgan fingerprint density at radius 3 is 2.52 bits per heavy atom. The molecule has 0 aliphatic carbocycles. The number of carbonyl (C=O) groups is 1. The molecule has 1 amide bonds. The second-order valence-electron chi connectivity index (χ2n) is 5.24. The van der Waals surface area contributed by atoms with Gasteiger partial charge in [-0.05, 0) is 12.1 Å². The third-order valence-electron chi connectivity index (χ3n) is 3.92. The molecule has 0 unspecified atom stereocenters. The molecule has 120 valence electrons. The number of benzene rings is 1. The molecule has 1 fully saturated rings. The van der Waals surface area contributed by atoms with Crippen molar-refractivity contribution < 1.29 is 9.53 Å². The minimum Gasteiger partial charge on any atom is -0.495 e. The van der Waals surface area contributed by atoms with E-state index in [1.807, 2.05) is 24.3 Å². The van der Waals surface area contributed by atoms with E-state index in [-0.39, 0.29) is 17.4 Å². The van der Waals surface area contributed by atoms with E-state index in [0.29, 0.717) is 13.1 Å². The average molecular weight is 313 g/mol. The van der Waals surface area contributed by atoms with E-state index in [4.69, 9.17) is 10.5 Å². The van der Waals surface area contributed by atoms with Crippen LogP contribution < -0.4 is 15.4 Å². The Morgan fingerprint density at radius 1 is 1.13 bits per heavy atom. The molecule has 2 aromatic rings. The van der Waals surface area contributed by atoms with Crippen LogP contribution in [0.3, 0.4) is 0 Å². The highest BCUT2D eigenvalue weighted by atomic mass is 16.5. The summed E-state index contributed by atoms with van der Waals surface area (Å²) in [6, 6.07) is 7.89. The molecule has 1 aliphatic heterocycles. The van der Waals surface area contributed by atoms with Crippen molar-refractivity contribution in [2.75, 3.05) is 43.9 Å². The standard InChI is InChI=1S/C16H19N5O2/c1-23-13-5-3-2-4-12(13)20-8-10-21(11-9-20)16(22)14-15(17)19-7-6-18-14/h2-7H,8-11H2,1H3,(H2,17,19). The van der Waals surface area contributed by atoms with Gasteiger partial charge < -0.3 is 20.3 Å². The first-order chi connectivity index (χ1) is 11.2. The summed E-state index contributed by atoms with van der Waals surface area (Å²) in [6.45, 7) is 2.67. The van der Waals surface area contributed by atoms with Crippen LogP contribution in [0.4, 0.5) is 11.5 Å². The first-order valence-corrected chi connectivity index (χ1v) is 7.44. The number of piperazine rings is 1. The van der Waals surface area contributed by atoms with Crippen molar-refractivity contribution >= 4 is 17.4 Å². The third kappa shape index (κ3) is 3.03. The van der Waals surface area contributed by atoms with E-state index >= 15 is 0 Å². The number of para-hydroxylation sites is 2. The molecule has 23 heavy (non-hydrogen) atoms. The Kier molecular flexibility index (Phi) is 4.27. The van der Waals surface area contributed by atoms with Crippen LogP contribution in [-0.4, -0.2) is 54.1 Å². The maximum absolute atomic E-state index is 12.5. The third-order valence-corrected chi connectivity index (χ3v) is 3.92. The second kappa shape index (κ2) is 6.51. The van der Waals surface area contributed by atoms with Gasteiger partial charge in [0.05, 0.1) is 12.8 Å². The molecule has 2 heterocycles. The second-order valence-corrected chi connectivity index (χ2v) is 5.24. The van der Waals surface area contributed by atoms with E-state index in [2.05, 4.69) is 14.9 Å². The Hall–Kier alpha value is -2.83. The molecule has 0 spiro atoms. The molecule has 0 radical (unpaired) electrons. The molecule has 3 rings (SSSR count). The fourth-order valence-corrected chi connectivity index (χ4v) is 2.70. The van der Waals surface area contributed by atoms with Crippen LogP contribution in [0, 0.1) is 0 Å². The number of nitrogens with zero attached hydrogens (tertiary/aromatic N) is 4. The summed E-state index contributed by atoms with van der Waals surface area (Å²) in [5.41, 5.74) is 7.00. The summed E-state index contributed by atoms with van der Waals surface area (Å²) < 4.78 is 5.40. The van der Waals surface area contributed by atoms with Gasteiger partial charge >= 0.3 is 0 Å². The van der Waals surface area contributed by atoms with Gasteiger partial charge in [0.15, 0.2) is 11.5 Å². The van der Waals surface area contributed by atoms with Crippen molar-refractivity contribution in [3.05, 3.63) is 42.4 Å². The van der Waals surface area contributed by atoms with Gasteiger partial charge in [-0.1, -0.05) is 12.1 Å². The molecule has 1 aliphatic rings. The van der Waals surface area contributed by atoms with Crippen molar-refractivity contribution in [2.45, 2.75) is 0 Å². The van der Waals surface area contributed by atoms with Gasteiger partial charge in [-0.25, -0.2) is 9.97 Å². The van der Waals surface area contributed by atoms with E-state index in [1.54, 1.807) is 12.0 Å². The minimum atomic E-state index is -0.171. The lowest BCUT2D eigenvalue weighted by Crippen LogP contribution is -2.49. The van der Waals surface area contributed by atoms with Crippen molar-refractivity contribution in [1.82, 2.24) is 14.9 Å². The number of nitrogens with two attached hydrogens (primary N) is 1. The van der Waals surface area contributed by atoms with Crippen LogP contribution in [0.15, 0.2) is 36.7 Å². The zero-order valence-corrected chi connectivity index (χ0v) is 13.0. The van der Waals surface area contributed by atoms with Crippen LogP contribution in [-0.2, 0) is 0 Å². The van der Waals surface area contributed by atoms with Crippen LogP contribution in [0.2, 0.25) is 0 Å². The molecule has 0 saturated carbocycles. The molecular weight excluding hydrogens is 294 g/mol. The predicted octanol–water partition coefficient (Wildman–Crippen LogP) is 1.03. The lowest BCUT2D eigenvalue weighted by Gasteiger charge is -2.36. The van der Waals surface area contributed by atoms with Crippen molar-refractivity contribution in [1.29, 1.82) is 0 Å². The highest BCUT2D eigenvalue weighted by Gasteiger charge is 2.25. The van der Waals surface area contributed by atoms with Gasteiger partial charge in [-0.3, -0.25) is 4.79 Å². The number of carbonyl (C=O) groups excluding carboxylic acids is 1. The normalized spacial score (nSPS) is 14.7. The van der Waals surface area contributed by atoms with E-state index < -0.39 is 0 Å². The Labute approximate surface area is 134 Å². The van der Waals surface area contributed by atoms with Gasteiger partial charge in [0.25, 0.3) is 5.91 Å². The topological polar surface area (TPSA) is 84.6 Å². The number of nitrogen functional groups attached to an aromatic ring is 1. The zero-order chi connectivity index (χ0) is 16.2. The number of methoxy groups -OCH3 is 1. The van der Waals surface area contributed by atoms with Gasteiger partial charge in [0, 0.05) is 38.6 Å². The molecule has 1 saturated heterocycles. The largest absolute Gasteiger partial charge is 0.495 e. The summed E-state index contributed by atoms with van der Waals surface area (Å²) in [6.07, 6.45) is 2.96. The van der Waals surface area contributed by atoms with Crippen LogP contribution in [0.25, 0.3) is 0 Å². The predicted molar refractivity (Wildman–Crippen MR) is 87.6 cm³/mol. The number of ether oxygens (including phenoxy) is 1. The molecule has 1 aromatic carbocycles. The van der Waals surface area contributed by atoms with Crippen molar-refractivity contribution in [3.8, 4) is 5.75 Å². The molecule has 2 N–H and O–H groups in total. The van der Waals surface area contributed by atoms with Gasteiger partial charge in [-0.2, -0.15) is 0 Å².